The summed E-state index contributed by atoms with van der Waals surface area (Å²) < 4.78 is 5.92. The number of anilines is 1. The van der Waals surface area contributed by atoms with Crippen LogP contribution in [0.15, 0.2) is 48.5 Å². The zero-order chi connectivity index (χ0) is 13.8. The first-order chi connectivity index (χ1) is 9.83. The van der Waals surface area contributed by atoms with Crippen molar-refractivity contribution in [3.8, 4) is 0 Å². The summed E-state index contributed by atoms with van der Waals surface area (Å²) in [6.07, 6.45) is 3.72. The van der Waals surface area contributed by atoms with E-state index in [4.69, 9.17) is 10.5 Å². The monoisotopic (exact) mass is 267 g/mol. The largest absolute Gasteiger partial charge is 0.399 e. The second kappa shape index (κ2) is 6.10. The van der Waals surface area contributed by atoms with Crippen molar-refractivity contribution >= 4 is 5.69 Å². The molecule has 1 atom stereocenters. The van der Waals surface area contributed by atoms with Gasteiger partial charge in [0.05, 0.1) is 13.2 Å². The van der Waals surface area contributed by atoms with Gasteiger partial charge in [-0.15, -0.1) is 0 Å². The third-order valence-corrected chi connectivity index (χ3v) is 4.06. The highest BCUT2D eigenvalue weighted by molar-refractivity contribution is 5.39. The molecule has 0 aliphatic heterocycles. The average molecular weight is 267 g/mol. The molecule has 3 rings (SSSR count). The summed E-state index contributed by atoms with van der Waals surface area (Å²) in [6.45, 7) is 1.47. The van der Waals surface area contributed by atoms with Crippen molar-refractivity contribution in [1.82, 2.24) is 0 Å². The fourth-order valence-electron chi connectivity index (χ4n) is 2.96. The van der Waals surface area contributed by atoms with Gasteiger partial charge in [0.2, 0.25) is 0 Å². The van der Waals surface area contributed by atoms with E-state index in [1.807, 2.05) is 24.3 Å². The summed E-state index contributed by atoms with van der Waals surface area (Å²) in [5.74, 6) is 0.550. The SMILES string of the molecule is Nc1ccc(COCC2CCCc3ccccc32)cc1. The lowest BCUT2D eigenvalue weighted by atomic mass is 9.83. The number of ether oxygens (including phenoxy) is 1. The average Bonchev–Trinajstić information content (AvgIpc) is 2.49. The Hall–Kier alpha value is -1.80. The van der Waals surface area contributed by atoms with Gasteiger partial charge in [0, 0.05) is 11.6 Å². The van der Waals surface area contributed by atoms with Crippen LogP contribution in [-0.2, 0) is 17.8 Å². The number of nitrogens with two attached hydrogens (primary N) is 1. The van der Waals surface area contributed by atoms with E-state index in [1.165, 1.54) is 36.0 Å². The quantitative estimate of drug-likeness (QED) is 0.852. The lowest BCUT2D eigenvalue weighted by Crippen LogP contribution is -2.15. The van der Waals surface area contributed by atoms with Gasteiger partial charge in [0.1, 0.15) is 0 Å². The minimum Gasteiger partial charge on any atom is -0.399 e. The standard InChI is InChI=1S/C18H21NO/c19-17-10-8-14(9-11-17)12-20-13-16-6-3-5-15-4-1-2-7-18(15)16/h1-2,4,7-11,16H,3,5-6,12-13,19H2. The molecule has 0 bridgehead atoms. The number of benzene rings is 2. The molecule has 0 radical (unpaired) electrons. The molecular weight excluding hydrogens is 246 g/mol. The van der Waals surface area contributed by atoms with Crippen LogP contribution in [0.5, 0.6) is 0 Å². The highest BCUT2D eigenvalue weighted by atomic mass is 16.5. The Balaban J connectivity index is 1.58. The van der Waals surface area contributed by atoms with Gasteiger partial charge in [0.25, 0.3) is 0 Å². The molecule has 20 heavy (non-hydrogen) atoms. The number of fused-ring (bicyclic) bond motifs is 1. The number of hydrogen-bond acceptors (Lipinski definition) is 2. The van der Waals surface area contributed by atoms with E-state index in [0.29, 0.717) is 12.5 Å². The Morgan fingerprint density at radius 2 is 1.85 bits per heavy atom. The minimum absolute atomic E-state index is 0.550. The van der Waals surface area contributed by atoms with Crippen LogP contribution >= 0.6 is 0 Å². The molecule has 0 saturated heterocycles. The van der Waals surface area contributed by atoms with E-state index >= 15 is 0 Å². The van der Waals surface area contributed by atoms with Crippen molar-refractivity contribution in [3.05, 3.63) is 65.2 Å². The van der Waals surface area contributed by atoms with Crippen molar-refractivity contribution in [2.24, 2.45) is 0 Å². The van der Waals surface area contributed by atoms with Gasteiger partial charge in [0.15, 0.2) is 0 Å². The zero-order valence-corrected chi connectivity index (χ0v) is 11.7. The van der Waals surface area contributed by atoms with E-state index in [2.05, 4.69) is 24.3 Å². The van der Waals surface area contributed by atoms with Gasteiger partial charge in [-0.1, -0.05) is 36.4 Å². The van der Waals surface area contributed by atoms with E-state index in [-0.39, 0.29) is 0 Å². The molecule has 0 saturated carbocycles. The van der Waals surface area contributed by atoms with Crippen LogP contribution < -0.4 is 5.73 Å². The van der Waals surface area contributed by atoms with E-state index in [1.54, 1.807) is 0 Å². The maximum absolute atomic E-state index is 5.92. The maximum Gasteiger partial charge on any atom is 0.0717 e. The Labute approximate surface area is 120 Å². The van der Waals surface area contributed by atoms with Crippen LogP contribution in [0.25, 0.3) is 0 Å². The second-order valence-electron chi connectivity index (χ2n) is 5.54. The van der Waals surface area contributed by atoms with E-state index in [9.17, 15) is 0 Å². The molecule has 1 aliphatic carbocycles. The highest BCUT2D eigenvalue weighted by Gasteiger charge is 2.19. The number of hydrogen-bond donors (Lipinski definition) is 1. The Bertz CT molecular complexity index is 562. The molecule has 2 aromatic rings. The molecule has 2 N–H and O–H groups in total. The number of rotatable bonds is 4. The van der Waals surface area contributed by atoms with Gasteiger partial charge in [-0.05, 0) is 48.1 Å². The molecule has 2 nitrogen and oxygen atoms in total. The predicted octanol–water partition coefficient (Wildman–Crippen LogP) is 3.91. The van der Waals surface area contributed by atoms with Crippen molar-refractivity contribution in [1.29, 1.82) is 0 Å². The molecule has 2 heteroatoms. The van der Waals surface area contributed by atoms with E-state index in [0.717, 1.165) is 12.3 Å². The molecule has 2 aromatic carbocycles. The lowest BCUT2D eigenvalue weighted by Gasteiger charge is -2.25. The topological polar surface area (TPSA) is 35.2 Å². The summed E-state index contributed by atoms with van der Waals surface area (Å²) in [5.41, 5.74) is 10.7. The van der Waals surface area contributed by atoms with Gasteiger partial charge >= 0.3 is 0 Å². The number of nitrogen functional groups attached to an aromatic ring is 1. The minimum atomic E-state index is 0.550. The number of aryl methyl sites for hydroxylation is 1. The molecule has 1 aliphatic rings. The lowest BCUT2D eigenvalue weighted by molar-refractivity contribution is 0.102. The van der Waals surface area contributed by atoms with E-state index < -0.39 is 0 Å². The third-order valence-electron chi connectivity index (χ3n) is 4.06. The predicted molar refractivity (Wildman–Crippen MR) is 82.6 cm³/mol. The van der Waals surface area contributed by atoms with Gasteiger partial charge in [-0.25, -0.2) is 0 Å². The van der Waals surface area contributed by atoms with Crippen LogP contribution in [0, 0.1) is 0 Å². The van der Waals surface area contributed by atoms with Gasteiger partial charge < -0.3 is 10.5 Å². The van der Waals surface area contributed by atoms with Gasteiger partial charge in [-0.3, -0.25) is 0 Å². The molecule has 0 aromatic heterocycles. The van der Waals surface area contributed by atoms with Crippen LogP contribution in [0.4, 0.5) is 5.69 Å². The van der Waals surface area contributed by atoms with Crippen LogP contribution in [0.3, 0.4) is 0 Å². The first-order valence-corrected chi connectivity index (χ1v) is 7.33. The third kappa shape index (κ3) is 3.02. The first-order valence-electron chi connectivity index (χ1n) is 7.33. The summed E-state index contributed by atoms with van der Waals surface area (Å²) in [4.78, 5) is 0. The summed E-state index contributed by atoms with van der Waals surface area (Å²) in [7, 11) is 0. The maximum atomic E-state index is 5.92. The smallest absolute Gasteiger partial charge is 0.0717 e. The fourth-order valence-corrected chi connectivity index (χ4v) is 2.96. The van der Waals surface area contributed by atoms with Crippen LogP contribution in [-0.4, -0.2) is 6.61 Å². The van der Waals surface area contributed by atoms with Crippen LogP contribution in [0.1, 0.15) is 35.4 Å². The molecular formula is C18H21NO. The molecule has 0 fully saturated rings. The fraction of sp³-hybridized carbons (Fsp3) is 0.333. The van der Waals surface area contributed by atoms with Crippen molar-refractivity contribution < 1.29 is 4.74 Å². The molecule has 0 amide bonds. The normalized spacial score (nSPS) is 17.7. The molecule has 0 spiro atoms. The van der Waals surface area contributed by atoms with Gasteiger partial charge in [-0.2, -0.15) is 0 Å². The molecule has 104 valence electrons. The van der Waals surface area contributed by atoms with Crippen molar-refractivity contribution in [2.75, 3.05) is 12.3 Å². The molecule has 1 unspecified atom stereocenters. The highest BCUT2D eigenvalue weighted by Crippen LogP contribution is 2.31. The zero-order valence-electron chi connectivity index (χ0n) is 11.7. The Morgan fingerprint density at radius 3 is 2.70 bits per heavy atom. The first kappa shape index (κ1) is 13.2. The Kier molecular flexibility index (Phi) is 4.03. The second-order valence-corrected chi connectivity index (χ2v) is 5.54. The van der Waals surface area contributed by atoms with Crippen LogP contribution in [0.2, 0.25) is 0 Å². The molecule has 0 heterocycles. The summed E-state index contributed by atoms with van der Waals surface area (Å²) in [6, 6.07) is 16.7. The van der Waals surface area contributed by atoms with Crippen molar-refractivity contribution in [3.63, 3.8) is 0 Å². The summed E-state index contributed by atoms with van der Waals surface area (Å²) >= 11 is 0. The summed E-state index contributed by atoms with van der Waals surface area (Å²) in [5, 5.41) is 0. The Morgan fingerprint density at radius 1 is 1.05 bits per heavy atom. The van der Waals surface area contributed by atoms with Crippen molar-refractivity contribution in [2.45, 2.75) is 31.8 Å².